The number of pyridine rings is 1. The molecule has 0 unspecified atom stereocenters. The number of hydrogen-bond acceptors (Lipinski definition) is 8. The molecule has 11 heteroatoms. The van der Waals surface area contributed by atoms with Gasteiger partial charge in [0.15, 0.2) is 5.75 Å². The molecule has 0 radical (unpaired) electrons. The number of hydrazine groups is 1. The first kappa shape index (κ1) is 19.6. The maximum Gasteiger partial charge on any atom is 0.374 e. The molecule has 4 aromatic rings. The third kappa shape index (κ3) is 4.19. The van der Waals surface area contributed by atoms with Gasteiger partial charge in [0.25, 0.3) is 5.91 Å². The molecule has 1 amide bonds. The van der Waals surface area contributed by atoms with E-state index in [4.69, 9.17) is 4.74 Å². The number of amides is 1. The molecule has 0 aliphatic heterocycles. The van der Waals surface area contributed by atoms with E-state index in [2.05, 4.69) is 25.8 Å². The zero-order valence-electron chi connectivity index (χ0n) is 15.7. The molecule has 10 nitrogen and oxygen atoms in total. The van der Waals surface area contributed by atoms with E-state index in [0.717, 1.165) is 23.8 Å². The summed E-state index contributed by atoms with van der Waals surface area (Å²) in [6.07, 6.45) is 2.62. The first-order valence-corrected chi connectivity index (χ1v) is 8.86. The number of halogens is 1. The summed E-state index contributed by atoms with van der Waals surface area (Å²) in [7, 11) is 0. The molecular formula is C20H13FN6O4. The maximum absolute atomic E-state index is 13.0. The third-order valence-electron chi connectivity index (χ3n) is 4.17. The largest absolute Gasteiger partial charge is 0.431 e. The standard InChI is InChI=1S/C20H13FN6O4/c21-14-8-6-13(7-9-14)19(28)26-25-18-17(27(29)30)20(24-11-23-18)31-15-5-1-3-12-4-2-10-22-16(12)15/h1-11H,(H,26,28)(H,23,24,25). The number of benzene rings is 2. The lowest BCUT2D eigenvalue weighted by Crippen LogP contribution is -2.30. The minimum Gasteiger partial charge on any atom is -0.431 e. The smallest absolute Gasteiger partial charge is 0.374 e. The predicted octanol–water partition coefficient (Wildman–Crippen LogP) is 3.62. The van der Waals surface area contributed by atoms with Gasteiger partial charge in [-0.1, -0.05) is 18.2 Å². The normalized spacial score (nSPS) is 10.5. The van der Waals surface area contributed by atoms with E-state index in [1.165, 1.54) is 12.1 Å². The van der Waals surface area contributed by atoms with E-state index >= 15 is 0 Å². The van der Waals surface area contributed by atoms with Gasteiger partial charge in [0.1, 0.15) is 17.7 Å². The molecule has 0 fully saturated rings. The molecule has 0 aliphatic rings. The number of nitro groups is 1. The summed E-state index contributed by atoms with van der Waals surface area (Å²) in [5.41, 5.74) is 4.72. The van der Waals surface area contributed by atoms with Crippen LogP contribution < -0.4 is 15.6 Å². The van der Waals surface area contributed by atoms with E-state index in [1.54, 1.807) is 24.4 Å². The topological polar surface area (TPSA) is 132 Å². The highest BCUT2D eigenvalue weighted by atomic mass is 19.1. The lowest BCUT2D eigenvalue weighted by molar-refractivity contribution is -0.385. The Bertz CT molecular complexity index is 1280. The Morgan fingerprint density at radius 3 is 2.58 bits per heavy atom. The van der Waals surface area contributed by atoms with Crippen LogP contribution in [0, 0.1) is 15.9 Å². The summed E-state index contributed by atoms with van der Waals surface area (Å²) >= 11 is 0. The van der Waals surface area contributed by atoms with Gasteiger partial charge in [0.05, 0.1) is 4.92 Å². The molecule has 0 atom stereocenters. The number of para-hydroxylation sites is 1. The molecule has 2 heterocycles. The van der Waals surface area contributed by atoms with Gasteiger partial charge in [0.2, 0.25) is 5.82 Å². The molecule has 0 saturated heterocycles. The Kier molecular flexibility index (Phi) is 5.30. The molecule has 2 aromatic carbocycles. The second-order valence-electron chi connectivity index (χ2n) is 6.15. The summed E-state index contributed by atoms with van der Waals surface area (Å²) in [5, 5.41) is 12.5. The monoisotopic (exact) mass is 420 g/mol. The van der Waals surface area contributed by atoms with Crippen molar-refractivity contribution in [3.05, 3.63) is 88.6 Å². The fraction of sp³-hybridized carbons (Fsp3) is 0. The average molecular weight is 420 g/mol. The summed E-state index contributed by atoms with van der Waals surface area (Å²) in [5.74, 6) is -1.51. The molecule has 0 spiro atoms. The average Bonchev–Trinajstić information content (AvgIpc) is 2.78. The van der Waals surface area contributed by atoms with Crippen molar-refractivity contribution in [2.75, 3.05) is 5.43 Å². The number of carbonyl (C=O) groups excluding carboxylic acids is 1. The molecule has 2 aromatic heterocycles. The van der Waals surface area contributed by atoms with Crippen LogP contribution in [-0.2, 0) is 0 Å². The highest BCUT2D eigenvalue weighted by Gasteiger charge is 2.26. The second-order valence-corrected chi connectivity index (χ2v) is 6.15. The van der Waals surface area contributed by atoms with Crippen molar-refractivity contribution in [3.63, 3.8) is 0 Å². The quantitative estimate of drug-likeness (QED) is 0.357. The lowest BCUT2D eigenvalue weighted by atomic mass is 10.2. The molecule has 0 saturated carbocycles. The number of anilines is 1. The number of hydrogen-bond donors (Lipinski definition) is 2. The van der Waals surface area contributed by atoms with Crippen molar-refractivity contribution >= 4 is 28.3 Å². The number of ether oxygens (including phenoxy) is 1. The Balaban J connectivity index is 1.61. The number of carbonyl (C=O) groups is 1. The summed E-state index contributed by atoms with van der Waals surface area (Å²) in [6, 6.07) is 13.5. The summed E-state index contributed by atoms with van der Waals surface area (Å²) in [4.78, 5) is 35.0. The Morgan fingerprint density at radius 2 is 1.81 bits per heavy atom. The van der Waals surface area contributed by atoms with Gasteiger partial charge in [-0.15, -0.1) is 0 Å². The summed E-state index contributed by atoms with van der Waals surface area (Å²) < 4.78 is 18.7. The van der Waals surface area contributed by atoms with Gasteiger partial charge in [0, 0.05) is 17.1 Å². The van der Waals surface area contributed by atoms with Gasteiger partial charge in [-0.25, -0.2) is 9.37 Å². The Morgan fingerprint density at radius 1 is 1.03 bits per heavy atom. The molecule has 2 N–H and O–H groups in total. The third-order valence-corrected chi connectivity index (χ3v) is 4.17. The minimum atomic E-state index is -0.736. The highest BCUT2D eigenvalue weighted by molar-refractivity contribution is 5.95. The van der Waals surface area contributed by atoms with Crippen LogP contribution >= 0.6 is 0 Å². The van der Waals surface area contributed by atoms with E-state index in [9.17, 15) is 19.3 Å². The van der Waals surface area contributed by atoms with Gasteiger partial charge in [-0.05, 0) is 36.4 Å². The van der Waals surface area contributed by atoms with Crippen molar-refractivity contribution in [1.29, 1.82) is 0 Å². The van der Waals surface area contributed by atoms with Crippen LogP contribution in [0.3, 0.4) is 0 Å². The van der Waals surface area contributed by atoms with Crippen molar-refractivity contribution in [2.24, 2.45) is 0 Å². The number of fused-ring (bicyclic) bond motifs is 1. The van der Waals surface area contributed by atoms with Gasteiger partial charge < -0.3 is 4.74 Å². The number of rotatable bonds is 6. The Labute approximate surface area is 173 Å². The number of nitrogens with zero attached hydrogens (tertiary/aromatic N) is 4. The Hall–Kier alpha value is -4.67. The van der Waals surface area contributed by atoms with E-state index < -0.39 is 22.3 Å². The SMILES string of the molecule is O=C(NNc1ncnc(Oc2cccc3cccnc23)c1[N+](=O)[O-])c1ccc(F)cc1. The van der Waals surface area contributed by atoms with Crippen LogP contribution in [-0.4, -0.2) is 25.8 Å². The van der Waals surface area contributed by atoms with Crippen LogP contribution in [0.2, 0.25) is 0 Å². The predicted molar refractivity (Wildman–Crippen MR) is 108 cm³/mol. The van der Waals surface area contributed by atoms with Gasteiger partial charge in [-0.2, -0.15) is 4.98 Å². The lowest BCUT2D eigenvalue weighted by Gasteiger charge is -2.11. The molecule has 0 bridgehead atoms. The second kappa shape index (κ2) is 8.37. The molecule has 31 heavy (non-hydrogen) atoms. The van der Waals surface area contributed by atoms with Crippen molar-refractivity contribution in [2.45, 2.75) is 0 Å². The fourth-order valence-electron chi connectivity index (χ4n) is 2.75. The number of nitrogens with one attached hydrogen (secondary N) is 2. The van der Waals surface area contributed by atoms with Gasteiger partial charge in [-0.3, -0.25) is 30.7 Å². The van der Waals surface area contributed by atoms with E-state index in [0.29, 0.717) is 5.52 Å². The first-order chi connectivity index (χ1) is 15.0. The molecule has 0 aliphatic carbocycles. The first-order valence-electron chi connectivity index (χ1n) is 8.86. The molecular weight excluding hydrogens is 407 g/mol. The zero-order valence-corrected chi connectivity index (χ0v) is 15.7. The minimum absolute atomic E-state index is 0.143. The van der Waals surface area contributed by atoms with Crippen molar-refractivity contribution in [3.8, 4) is 11.6 Å². The van der Waals surface area contributed by atoms with Gasteiger partial charge >= 0.3 is 11.6 Å². The van der Waals surface area contributed by atoms with E-state index in [-0.39, 0.29) is 23.0 Å². The number of aromatic nitrogens is 3. The highest BCUT2D eigenvalue weighted by Crippen LogP contribution is 2.35. The van der Waals surface area contributed by atoms with Crippen LogP contribution in [0.1, 0.15) is 10.4 Å². The van der Waals surface area contributed by atoms with Crippen molar-refractivity contribution in [1.82, 2.24) is 20.4 Å². The van der Waals surface area contributed by atoms with Crippen molar-refractivity contribution < 1.29 is 18.8 Å². The zero-order chi connectivity index (χ0) is 21.8. The van der Waals surface area contributed by atoms with Crippen LogP contribution in [0.5, 0.6) is 11.6 Å². The fourth-order valence-corrected chi connectivity index (χ4v) is 2.75. The van der Waals surface area contributed by atoms with Crippen LogP contribution in [0.15, 0.2) is 67.1 Å². The molecule has 4 rings (SSSR count). The maximum atomic E-state index is 13.0. The molecule has 154 valence electrons. The van der Waals surface area contributed by atoms with Crippen LogP contribution in [0.4, 0.5) is 15.9 Å². The van der Waals surface area contributed by atoms with E-state index in [1.807, 2.05) is 12.1 Å². The van der Waals surface area contributed by atoms with Crippen LogP contribution in [0.25, 0.3) is 10.9 Å². The summed E-state index contributed by atoms with van der Waals surface area (Å²) in [6.45, 7) is 0.